The van der Waals surface area contributed by atoms with Crippen molar-refractivity contribution in [2.75, 3.05) is 38.2 Å². The first kappa shape index (κ1) is 18.9. The Morgan fingerprint density at radius 3 is 2.83 bits per heavy atom. The van der Waals surface area contributed by atoms with Crippen molar-refractivity contribution in [3.05, 3.63) is 48.3 Å². The lowest BCUT2D eigenvalue weighted by atomic mass is 9.84. The van der Waals surface area contributed by atoms with Gasteiger partial charge in [0.25, 0.3) is 0 Å². The molecule has 0 aliphatic carbocycles. The molecule has 2 aromatic heterocycles. The van der Waals surface area contributed by atoms with E-state index in [1.54, 1.807) is 19.4 Å². The van der Waals surface area contributed by atoms with Gasteiger partial charge in [0, 0.05) is 62.1 Å². The number of hydrogen-bond donors (Lipinski definition) is 2. The van der Waals surface area contributed by atoms with Crippen LogP contribution in [0.5, 0.6) is 5.88 Å². The van der Waals surface area contributed by atoms with Gasteiger partial charge >= 0.3 is 0 Å². The number of carbonyl (C=O) groups excluding carboxylic acids is 1. The smallest absolute Gasteiger partial charge is 0.243 e. The lowest BCUT2D eigenvalue weighted by Gasteiger charge is -2.47. The molecule has 2 saturated heterocycles. The van der Waals surface area contributed by atoms with Gasteiger partial charge in [-0.05, 0) is 24.5 Å². The molecule has 2 fully saturated rings. The molecule has 4 heterocycles. The number of H-pyrrole nitrogens is 1. The van der Waals surface area contributed by atoms with Crippen LogP contribution in [0.4, 0.5) is 5.95 Å². The maximum absolute atomic E-state index is 13.5. The summed E-state index contributed by atoms with van der Waals surface area (Å²) in [5.41, 5.74) is 1.77. The fraction of sp³-hybridized carbons (Fsp3) is 0.409. The van der Waals surface area contributed by atoms with Crippen molar-refractivity contribution in [3.63, 3.8) is 0 Å². The average molecular weight is 406 g/mol. The van der Waals surface area contributed by atoms with E-state index < -0.39 is 5.54 Å². The molecule has 8 heteroatoms. The van der Waals surface area contributed by atoms with E-state index in [4.69, 9.17) is 4.74 Å². The zero-order valence-electron chi connectivity index (χ0n) is 17.1. The second kappa shape index (κ2) is 7.60. The predicted octanol–water partition coefficient (Wildman–Crippen LogP) is 1.94. The van der Waals surface area contributed by atoms with Gasteiger partial charge < -0.3 is 24.8 Å². The zero-order chi connectivity index (χ0) is 20.6. The number of aromatic nitrogens is 3. The molecule has 2 aliphatic rings. The molecule has 5 rings (SSSR count). The molecule has 2 aliphatic heterocycles. The molecule has 0 bridgehead atoms. The van der Waals surface area contributed by atoms with Crippen molar-refractivity contribution < 1.29 is 9.53 Å². The number of carbonyl (C=O) groups is 1. The molecule has 156 valence electrons. The third kappa shape index (κ3) is 3.27. The van der Waals surface area contributed by atoms with Gasteiger partial charge in [0.05, 0.1) is 7.11 Å². The number of aromatic amines is 1. The van der Waals surface area contributed by atoms with Crippen LogP contribution in [0.15, 0.2) is 42.7 Å². The number of fused-ring (bicyclic) bond motifs is 1. The number of piperazine rings is 1. The molecule has 0 radical (unpaired) electrons. The highest BCUT2D eigenvalue weighted by Gasteiger charge is 2.46. The van der Waals surface area contributed by atoms with E-state index in [0.29, 0.717) is 18.4 Å². The summed E-state index contributed by atoms with van der Waals surface area (Å²) < 4.78 is 5.21. The first-order valence-corrected chi connectivity index (χ1v) is 10.4. The lowest BCUT2D eigenvalue weighted by Crippen LogP contribution is -2.67. The monoisotopic (exact) mass is 406 g/mol. The molecule has 0 atom stereocenters. The van der Waals surface area contributed by atoms with Crippen LogP contribution in [0.3, 0.4) is 0 Å². The highest BCUT2D eigenvalue weighted by atomic mass is 16.5. The maximum Gasteiger partial charge on any atom is 0.243 e. The molecule has 2 N–H and O–H groups in total. The minimum Gasteiger partial charge on any atom is -0.481 e. The summed E-state index contributed by atoms with van der Waals surface area (Å²) in [6, 6.07) is 9.97. The number of anilines is 1. The van der Waals surface area contributed by atoms with Crippen molar-refractivity contribution in [1.82, 2.24) is 25.2 Å². The SMILES string of the molecule is COc1ccnc(N2CCC3(CC2)NCCN(Cc2c[nH]c4ccccc24)C3=O)n1. The van der Waals surface area contributed by atoms with Gasteiger partial charge in [0.15, 0.2) is 0 Å². The van der Waals surface area contributed by atoms with Crippen LogP contribution >= 0.6 is 0 Å². The Morgan fingerprint density at radius 2 is 2.00 bits per heavy atom. The summed E-state index contributed by atoms with van der Waals surface area (Å²) in [6.07, 6.45) is 5.20. The van der Waals surface area contributed by atoms with Gasteiger partial charge in [-0.3, -0.25) is 4.79 Å². The number of amides is 1. The molecule has 1 amide bonds. The molecule has 30 heavy (non-hydrogen) atoms. The molecule has 0 saturated carbocycles. The number of piperidine rings is 1. The number of nitrogens with zero attached hydrogens (tertiary/aromatic N) is 4. The lowest BCUT2D eigenvalue weighted by molar-refractivity contribution is -0.143. The molecule has 8 nitrogen and oxygen atoms in total. The van der Waals surface area contributed by atoms with E-state index >= 15 is 0 Å². The third-order valence-corrected chi connectivity index (χ3v) is 6.30. The Labute approximate surface area is 175 Å². The molecule has 0 unspecified atom stereocenters. The van der Waals surface area contributed by atoms with Crippen molar-refractivity contribution in [3.8, 4) is 5.88 Å². The van der Waals surface area contributed by atoms with Gasteiger partial charge in [0.1, 0.15) is 5.54 Å². The average Bonchev–Trinajstić information content (AvgIpc) is 3.20. The molecule has 1 spiro atoms. The number of ether oxygens (including phenoxy) is 1. The second-order valence-electron chi connectivity index (χ2n) is 7.98. The number of benzene rings is 1. The largest absolute Gasteiger partial charge is 0.481 e. The normalized spacial score (nSPS) is 18.9. The molecule has 3 aromatic rings. The highest BCUT2D eigenvalue weighted by molar-refractivity contribution is 5.89. The number of hydrogen-bond acceptors (Lipinski definition) is 6. The zero-order valence-corrected chi connectivity index (χ0v) is 17.1. The van der Waals surface area contributed by atoms with Crippen molar-refractivity contribution in [1.29, 1.82) is 0 Å². The van der Waals surface area contributed by atoms with Gasteiger partial charge in [0.2, 0.25) is 17.7 Å². The van der Waals surface area contributed by atoms with Crippen LogP contribution in [-0.4, -0.2) is 64.6 Å². The Morgan fingerprint density at radius 1 is 1.17 bits per heavy atom. The summed E-state index contributed by atoms with van der Waals surface area (Å²) in [7, 11) is 1.60. The number of para-hydroxylation sites is 1. The Bertz CT molecular complexity index is 1060. The minimum absolute atomic E-state index is 0.199. The predicted molar refractivity (Wildman–Crippen MR) is 114 cm³/mol. The van der Waals surface area contributed by atoms with E-state index in [0.717, 1.165) is 44.5 Å². The molecular weight excluding hydrogens is 380 g/mol. The number of methoxy groups -OCH3 is 1. The topological polar surface area (TPSA) is 86.4 Å². The van der Waals surface area contributed by atoms with E-state index in [9.17, 15) is 4.79 Å². The number of rotatable bonds is 4. The first-order valence-electron chi connectivity index (χ1n) is 10.4. The van der Waals surface area contributed by atoms with Crippen LogP contribution in [0.25, 0.3) is 10.9 Å². The van der Waals surface area contributed by atoms with Crippen LogP contribution in [-0.2, 0) is 11.3 Å². The highest BCUT2D eigenvalue weighted by Crippen LogP contribution is 2.30. The molecule has 1 aromatic carbocycles. The summed E-state index contributed by atoms with van der Waals surface area (Å²) in [6.45, 7) is 3.63. The van der Waals surface area contributed by atoms with Crippen LogP contribution in [0.1, 0.15) is 18.4 Å². The van der Waals surface area contributed by atoms with Gasteiger partial charge in [-0.1, -0.05) is 18.2 Å². The maximum atomic E-state index is 13.5. The first-order chi connectivity index (χ1) is 14.7. The van der Waals surface area contributed by atoms with Gasteiger partial charge in [-0.2, -0.15) is 4.98 Å². The van der Waals surface area contributed by atoms with Gasteiger partial charge in [-0.15, -0.1) is 0 Å². The van der Waals surface area contributed by atoms with E-state index in [2.05, 4.69) is 37.3 Å². The standard InChI is InChI=1S/C22H26N6O2/c1-30-19-6-9-23-21(26-19)27-11-7-22(8-12-27)20(29)28(13-10-25-22)15-16-14-24-18-5-3-2-4-17(16)18/h2-6,9,14,24-25H,7-8,10-13,15H2,1H3. The third-order valence-electron chi connectivity index (χ3n) is 6.30. The van der Waals surface area contributed by atoms with E-state index in [-0.39, 0.29) is 5.91 Å². The summed E-state index contributed by atoms with van der Waals surface area (Å²) >= 11 is 0. The summed E-state index contributed by atoms with van der Waals surface area (Å²) in [4.78, 5) is 29.7. The fourth-order valence-electron chi connectivity index (χ4n) is 4.61. The Kier molecular flexibility index (Phi) is 4.78. The van der Waals surface area contributed by atoms with Crippen LogP contribution < -0.4 is 15.0 Å². The van der Waals surface area contributed by atoms with E-state index in [1.165, 1.54) is 10.9 Å². The van der Waals surface area contributed by atoms with Crippen LogP contribution in [0.2, 0.25) is 0 Å². The summed E-state index contributed by atoms with van der Waals surface area (Å²) in [5, 5.41) is 4.72. The van der Waals surface area contributed by atoms with Crippen molar-refractivity contribution in [2.24, 2.45) is 0 Å². The minimum atomic E-state index is -0.500. The van der Waals surface area contributed by atoms with Crippen LogP contribution in [0, 0.1) is 0 Å². The van der Waals surface area contributed by atoms with Gasteiger partial charge in [-0.25, -0.2) is 4.98 Å². The summed E-state index contributed by atoms with van der Waals surface area (Å²) in [5.74, 6) is 1.41. The number of nitrogens with one attached hydrogen (secondary N) is 2. The van der Waals surface area contributed by atoms with E-state index in [1.807, 2.05) is 23.2 Å². The van der Waals surface area contributed by atoms with Crippen molar-refractivity contribution >= 4 is 22.8 Å². The quantitative estimate of drug-likeness (QED) is 0.689. The second-order valence-corrected chi connectivity index (χ2v) is 7.98. The molecular formula is C22H26N6O2. The fourth-order valence-corrected chi connectivity index (χ4v) is 4.61. The Balaban J connectivity index is 1.30. The Hall–Kier alpha value is -3.13. The van der Waals surface area contributed by atoms with Crippen molar-refractivity contribution in [2.45, 2.75) is 24.9 Å².